The van der Waals surface area contributed by atoms with Gasteiger partial charge in [0.05, 0.1) is 6.61 Å². The van der Waals surface area contributed by atoms with Gasteiger partial charge in [-0.3, -0.25) is 4.48 Å². The molecule has 0 aliphatic rings. The van der Waals surface area contributed by atoms with E-state index in [2.05, 4.69) is 4.74 Å². The van der Waals surface area contributed by atoms with Gasteiger partial charge in [-0.1, -0.05) is 0 Å². The Kier molecular flexibility index (Phi) is 16.7. The van der Waals surface area contributed by atoms with Crippen LogP contribution in [0.3, 0.4) is 0 Å². The SMILES string of the molecule is N.N.N.O=C(O)C[N+](CC(=O)O)(CC(=O)O)CC(=O)OCCO. The van der Waals surface area contributed by atoms with E-state index in [-0.39, 0.29) is 25.1 Å². The Bertz CT molecular complexity index is 361. The number of nitrogens with zero attached hydrogens (tertiary/aromatic N) is 1. The van der Waals surface area contributed by atoms with Crippen LogP contribution in [0.15, 0.2) is 0 Å². The lowest BCUT2D eigenvalue weighted by atomic mass is 10.3. The van der Waals surface area contributed by atoms with Crippen LogP contribution in [0.5, 0.6) is 0 Å². The Morgan fingerprint density at radius 3 is 1.35 bits per heavy atom. The molecule has 0 aromatic carbocycles. The standard InChI is InChI=1S/C10H15NO9.3H3N/c12-1-2-20-10(19)6-11(3-7(13)14,4-8(15)16)5-9(17)18;;;/h12H,1-6H2,(H2-,13,14,15,16,17,18);3*1H3/p+1. The topological polar surface area (TPSA) is 263 Å². The monoisotopic (exact) mass is 345 g/mol. The minimum Gasteiger partial charge on any atom is -0.477 e. The number of carbonyl (C=O) groups is 4. The van der Waals surface area contributed by atoms with Gasteiger partial charge in [-0.05, 0) is 0 Å². The molecule has 0 unspecified atom stereocenters. The average molecular weight is 345 g/mol. The van der Waals surface area contributed by atoms with Crippen molar-refractivity contribution in [3.8, 4) is 0 Å². The second-order valence-electron chi connectivity index (χ2n) is 4.10. The smallest absolute Gasteiger partial charge is 0.361 e. The molecule has 0 spiro atoms. The molecule has 0 saturated carbocycles. The van der Waals surface area contributed by atoms with Crippen LogP contribution in [0.4, 0.5) is 0 Å². The minimum absolute atomic E-state index is 0. The maximum Gasteiger partial charge on any atom is 0.361 e. The van der Waals surface area contributed by atoms with Gasteiger partial charge >= 0.3 is 23.9 Å². The van der Waals surface area contributed by atoms with Crippen molar-refractivity contribution in [1.29, 1.82) is 0 Å². The molecule has 23 heavy (non-hydrogen) atoms. The number of hydrogen-bond acceptors (Lipinski definition) is 9. The first-order chi connectivity index (χ1) is 9.20. The molecule has 0 heterocycles. The molecule has 0 atom stereocenters. The number of esters is 1. The number of aliphatic hydroxyl groups is 1. The van der Waals surface area contributed by atoms with Crippen molar-refractivity contribution in [3.05, 3.63) is 0 Å². The first-order valence-electron chi connectivity index (χ1n) is 5.48. The summed E-state index contributed by atoms with van der Waals surface area (Å²) in [7, 11) is 0. The summed E-state index contributed by atoms with van der Waals surface area (Å²) in [5.74, 6) is -5.31. The largest absolute Gasteiger partial charge is 0.477 e. The second-order valence-corrected chi connectivity index (χ2v) is 4.10. The van der Waals surface area contributed by atoms with Gasteiger partial charge in [-0.25, -0.2) is 19.2 Å². The van der Waals surface area contributed by atoms with Crippen molar-refractivity contribution in [1.82, 2.24) is 18.5 Å². The number of rotatable bonds is 10. The molecule has 0 amide bonds. The van der Waals surface area contributed by atoms with Crippen molar-refractivity contribution in [2.45, 2.75) is 0 Å². The first kappa shape index (κ1) is 28.8. The molecule has 0 saturated heterocycles. The van der Waals surface area contributed by atoms with E-state index < -0.39 is 61.1 Å². The molecule has 0 aromatic heterocycles. The number of aliphatic carboxylic acids is 3. The molecule has 0 bridgehead atoms. The Hall–Kier alpha value is -2.32. The average Bonchev–Trinajstić information content (AvgIpc) is 2.22. The third-order valence-electron chi connectivity index (χ3n) is 2.23. The Morgan fingerprint density at radius 1 is 0.739 bits per heavy atom. The van der Waals surface area contributed by atoms with Crippen LogP contribution >= 0.6 is 0 Å². The molecule has 13 heteroatoms. The van der Waals surface area contributed by atoms with Gasteiger partial charge in [0.25, 0.3) is 0 Å². The molecule has 0 radical (unpaired) electrons. The summed E-state index contributed by atoms with van der Waals surface area (Å²) in [6.45, 7) is -4.09. The van der Waals surface area contributed by atoms with E-state index in [1.54, 1.807) is 0 Å². The fourth-order valence-electron chi connectivity index (χ4n) is 1.68. The van der Waals surface area contributed by atoms with Crippen molar-refractivity contribution in [2.24, 2.45) is 0 Å². The maximum atomic E-state index is 11.4. The van der Waals surface area contributed by atoms with Gasteiger partial charge in [0.15, 0.2) is 26.2 Å². The lowest BCUT2D eigenvalue weighted by molar-refractivity contribution is -0.900. The van der Waals surface area contributed by atoms with E-state index in [1.807, 2.05) is 0 Å². The predicted molar refractivity (Wildman–Crippen MR) is 75.7 cm³/mol. The quantitative estimate of drug-likeness (QED) is 0.168. The summed E-state index contributed by atoms with van der Waals surface area (Å²) in [4.78, 5) is 43.8. The normalized spacial score (nSPS) is 9.43. The van der Waals surface area contributed by atoms with Gasteiger partial charge in [-0.2, -0.15) is 0 Å². The van der Waals surface area contributed by atoms with Gasteiger partial charge in [-0.15, -0.1) is 0 Å². The Labute approximate surface area is 131 Å². The fourth-order valence-corrected chi connectivity index (χ4v) is 1.68. The summed E-state index contributed by atoms with van der Waals surface area (Å²) >= 11 is 0. The highest BCUT2D eigenvalue weighted by Crippen LogP contribution is 2.08. The molecule has 0 aliphatic carbocycles. The zero-order chi connectivity index (χ0) is 15.8. The Morgan fingerprint density at radius 2 is 1.09 bits per heavy atom. The molecule has 138 valence electrons. The van der Waals surface area contributed by atoms with E-state index in [9.17, 15) is 19.2 Å². The number of aliphatic hydroxyl groups excluding tert-OH is 1. The zero-order valence-corrected chi connectivity index (χ0v) is 12.6. The number of carboxylic acids is 3. The highest BCUT2D eigenvalue weighted by atomic mass is 16.5. The zero-order valence-electron chi connectivity index (χ0n) is 12.6. The molecular formula is C10H25N4O9+. The van der Waals surface area contributed by atoms with Crippen molar-refractivity contribution in [3.63, 3.8) is 0 Å². The van der Waals surface area contributed by atoms with Crippen LogP contribution in [-0.4, -0.2) is 88.2 Å². The van der Waals surface area contributed by atoms with E-state index in [0.717, 1.165) is 0 Å². The number of carboxylic acid groups (broad SMARTS) is 3. The molecule has 0 rings (SSSR count). The van der Waals surface area contributed by atoms with Crippen LogP contribution in [0, 0.1) is 0 Å². The van der Waals surface area contributed by atoms with Gasteiger partial charge < -0.3 is 43.6 Å². The van der Waals surface area contributed by atoms with Crippen LogP contribution in [0.2, 0.25) is 0 Å². The number of carbonyl (C=O) groups excluding carboxylic acids is 1. The van der Waals surface area contributed by atoms with Gasteiger partial charge in [0.1, 0.15) is 6.61 Å². The summed E-state index contributed by atoms with van der Waals surface area (Å²) in [5, 5.41) is 34.8. The second kappa shape index (κ2) is 13.4. The van der Waals surface area contributed by atoms with Crippen molar-refractivity contribution in [2.75, 3.05) is 39.4 Å². The Balaban J connectivity index is -0.000000602. The fraction of sp³-hybridized carbons (Fsp3) is 0.600. The number of quaternary nitrogens is 1. The third-order valence-corrected chi connectivity index (χ3v) is 2.23. The summed E-state index contributed by atoms with van der Waals surface area (Å²) in [6.07, 6.45) is 0. The van der Waals surface area contributed by atoms with Gasteiger partial charge in [0.2, 0.25) is 0 Å². The summed E-state index contributed by atoms with van der Waals surface area (Å²) in [5.41, 5.74) is 0. The van der Waals surface area contributed by atoms with Crippen molar-refractivity contribution < 1.29 is 48.8 Å². The lowest BCUT2D eigenvalue weighted by Gasteiger charge is -2.32. The van der Waals surface area contributed by atoms with Crippen LogP contribution in [-0.2, 0) is 23.9 Å². The van der Waals surface area contributed by atoms with E-state index in [0.29, 0.717) is 0 Å². The maximum absolute atomic E-state index is 11.4. The minimum atomic E-state index is -1.44. The number of ether oxygens (including phenoxy) is 1. The highest BCUT2D eigenvalue weighted by molar-refractivity contribution is 5.76. The molecule has 13 N–H and O–H groups in total. The van der Waals surface area contributed by atoms with E-state index in [1.165, 1.54) is 0 Å². The van der Waals surface area contributed by atoms with Crippen LogP contribution in [0.25, 0.3) is 0 Å². The summed E-state index contributed by atoms with van der Waals surface area (Å²) < 4.78 is 3.50. The van der Waals surface area contributed by atoms with Crippen LogP contribution < -0.4 is 18.5 Å². The van der Waals surface area contributed by atoms with E-state index >= 15 is 0 Å². The van der Waals surface area contributed by atoms with Crippen LogP contribution in [0.1, 0.15) is 0 Å². The molecule has 0 aliphatic heterocycles. The van der Waals surface area contributed by atoms with E-state index in [4.69, 9.17) is 20.4 Å². The predicted octanol–water partition coefficient (Wildman–Crippen LogP) is -1.92. The van der Waals surface area contributed by atoms with Crippen molar-refractivity contribution >= 4 is 23.9 Å². The third kappa shape index (κ3) is 13.1. The lowest BCUT2D eigenvalue weighted by Crippen LogP contribution is -2.59. The molecule has 0 fully saturated rings. The molecule has 0 aromatic rings. The molecule has 13 nitrogen and oxygen atoms in total. The first-order valence-corrected chi connectivity index (χ1v) is 5.48. The van der Waals surface area contributed by atoms with Gasteiger partial charge in [0, 0.05) is 0 Å². The highest BCUT2D eigenvalue weighted by Gasteiger charge is 2.38. The summed E-state index contributed by atoms with van der Waals surface area (Å²) in [6, 6.07) is 0. The molecular weight excluding hydrogens is 320 g/mol. The number of hydrogen-bond donors (Lipinski definition) is 7.